The van der Waals surface area contributed by atoms with E-state index in [1.807, 2.05) is 6.08 Å². The lowest BCUT2D eigenvalue weighted by Gasteiger charge is -2.08. The van der Waals surface area contributed by atoms with Crippen LogP contribution in [0.25, 0.3) is 0 Å². The standard InChI is InChI=1S/C10H20N2/c1-8(2)9(3)6-4-5-7-10(11)12/h7,9H,1,4-6,11-12H2,2-3H3. The van der Waals surface area contributed by atoms with Crippen LogP contribution in [0, 0.1) is 5.92 Å². The summed E-state index contributed by atoms with van der Waals surface area (Å²) in [6, 6.07) is 0. The molecule has 0 aromatic carbocycles. The van der Waals surface area contributed by atoms with Crippen LogP contribution in [-0.2, 0) is 0 Å². The lowest BCUT2D eigenvalue weighted by Crippen LogP contribution is -2.07. The summed E-state index contributed by atoms with van der Waals surface area (Å²) >= 11 is 0. The molecule has 0 saturated carbocycles. The minimum Gasteiger partial charge on any atom is -0.386 e. The molecule has 70 valence electrons. The van der Waals surface area contributed by atoms with Crippen LogP contribution in [0.2, 0.25) is 0 Å². The predicted molar refractivity (Wildman–Crippen MR) is 54.3 cm³/mol. The first kappa shape index (κ1) is 11.1. The van der Waals surface area contributed by atoms with Crippen LogP contribution in [0.4, 0.5) is 0 Å². The fraction of sp³-hybridized carbons (Fsp3) is 0.600. The quantitative estimate of drug-likeness (QED) is 0.488. The summed E-state index contributed by atoms with van der Waals surface area (Å²) in [6.45, 7) is 8.16. The maximum Gasteiger partial charge on any atom is 0.0892 e. The average Bonchev–Trinajstić information content (AvgIpc) is 1.97. The fourth-order valence-electron chi connectivity index (χ4n) is 0.939. The molecule has 0 aliphatic rings. The topological polar surface area (TPSA) is 52.0 Å². The van der Waals surface area contributed by atoms with E-state index in [-0.39, 0.29) is 0 Å². The second kappa shape index (κ2) is 5.70. The van der Waals surface area contributed by atoms with Gasteiger partial charge in [0, 0.05) is 0 Å². The van der Waals surface area contributed by atoms with Crippen molar-refractivity contribution in [2.45, 2.75) is 33.1 Å². The van der Waals surface area contributed by atoms with Crippen LogP contribution in [0.5, 0.6) is 0 Å². The van der Waals surface area contributed by atoms with Gasteiger partial charge in [0.05, 0.1) is 5.82 Å². The van der Waals surface area contributed by atoms with Gasteiger partial charge in [0.1, 0.15) is 0 Å². The van der Waals surface area contributed by atoms with Gasteiger partial charge < -0.3 is 11.5 Å². The molecule has 0 bridgehead atoms. The highest BCUT2D eigenvalue weighted by Crippen LogP contribution is 2.15. The van der Waals surface area contributed by atoms with Crippen molar-refractivity contribution in [3.8, 4) is 0 Å². The summed E-state index contributed by atoms with van der Waals surface area (Å²) in [5, 5.41) is 0. The first-order valence-corrected chi connectivity index (χ1v) is 4.40. The van der Waals surface area contributed by atoms with Crippen LogP contribution in [0.15, 0.2) is 24.0 Å². The second-order valence-electron chi connectivity index (χ2n) is 3.38. The zero-order chi connectivity index (χ0) is 9.56. The number of nitrogens with two attached hydrogens (primary N) is 2. The van der Waals surface area contributed by atoms with Crippen molar-refractivity contribution in [3.05, 3.63) is 24.0 Å². The summed E-state index contributed by atoms with van der Waals surface area (Å²) in [7, 11) is 0. The lowest BCUT2D eigenvalue weighted by atomic mass is 9.98. The molecule has 0 aliphatic carbocycles. The number of unbranched alkanes of at least 4 members (excludes halogenated alkanes) is 1. The third-order valence-electron chi connectivity index (χ3n) is 2.06. The van der Waals surface area contributed by atoms with Gasteiger partial charge in [-0.3, -0.25) is 0 Å². The summed E-state index contributed by atoms with van der Waals surface area (Å²) in [6.07, 6.45) is 5.14. The van der Waals surface area contributed by atoms with E-state index in [0.29, 0.717) is 11.7 Å². The molecule has 2 heteroatoms. The monoisotopic (exact) mass is 168 g/mol. The molecule has 0 aromatic heterocycles. The Balaban J connectivity index is 3.44. The van der Waals surface area contributed by atoms with Gasteiger partial charge in [-0.15, -0.1) is 0 Å². The molecule has 1 atom stereocenters. The van der Waals surface area contributed by atoms with Crippen LogP contribution in [-0.4, -0.2) is 0 Å². The maximum atomic E-state index is 5.29. The van der Waals surface area contributed by atoms with E-state index in [0.717, 1.165) is 12.8 Å². The minimum absolute atomic E-state index is 0.429. The summed E-state index contributed by atoms with van der Waals surface area (Å²) in [5.74, 6) is 1.04. The van der Waals surface area contributed by atoms with Crippen molar-refractivity contribution in [1.82, 2.24) is 0 Å². The number of hydrogen-bond acceptors (Lipinski definition) is 2. The van der Waals surface area contributed by atoms with Crippen molar-refractivity contribution in [2.24, 2.45) is 17.4 Å². The Morgan fingerprint density at radius 2 is 2.08 bits per heavy atom. The van der Waals surface area contributed by atoms with E-state index in [2.05, 4.69) is 20.4 Å². The van der Waals surface area contributed by atoms with Crippen molar-refractivity contribution in [1.29, 1.82) is 0 Å². The van der Waals surface area contributed by atoms with Gasteiger partial charge in [-0.2, -0.15) is 0 Å². The first-order valence-electron chi connectivity index (χ1n) is 4.40. The Kier molecular flexibility index (Phi) is 5.26. The molecule has 0 saturated heterocycles. The summed E-state index contributed by atoms with van der Waals surface area (Å²) < 4.78 is 0. The second-order valence-corrected chi connectivity index (χ2v) is 3.38. The highest BCUT2D eigenvalue weighted by molar-refractivity contribution is 4.94. The van der Waals surface area contributed by atoms with Crippen molar-refractivity contribution in [3.63, 3.8) is 0 Å². The average molecular weight is 168 g/mol. The van der Waals surface area contributed by atoms with Crippen molar-refractivity contribution < 1.29 is 0 Å². The molecule has 1 unspecified atom stereocenters. The van der Waals surface area contributed by atoms with Crippen LogP contribution in [0.1, 0.15) is 33.1 Å². The SMILES string of the molecule is C=C(C)C(C)CCCC=C(N)N. The minimum atomic E-state index is 0.429. The van der Waals surface area contributed by atoms with E-state index < -0.39 is 0 Å². The maximum absolute atomic E-state index is 5.29. The van der Waals surface area contributed by atoms with E-state index in [4.69, 9.17) is 11.5 Å². The Labute approximate surface area is 75.3 Å². The van der Waals surface area contributed by atoms with Gasteiger partial charge in [0.15, 0.2) is 0 Å². The Bertz CT molecular complexity index is 167. The van der Waals surface area contributed by atoms with Crippen LogP contribution >= 0.6 is 0 Å². The Morgan fingerprint density at radius 1 is 1.50 bits per heavy atom. The predicted octanol–water partition coefficient (Wildman–Crippen LogP) is 2.13. The molecule has 0 radical (unpaired) electrons. The molecule has 0 rings (SSSR count). The molecular formula is C10H20N2. The zero-order valence-electron chi connectivity index (χ0n) is 8.14. The number of hydrogen-bond donors (Lipinski definition) is 2. The van der Waals surface area contributed by atoms with E-state index in [1.165, 1.54) is 12.0 Å². The fourth-order valence-corrected chi connectivity index (χ4v) is 0.939. The first-order chi connectivity index (χ1) is 5.54. The largest absolute Gasteiger partial charge is 0.386 e. The molecule has 0 spiro atoms. The molecule has 0 heterocycles. The number of rotatable bonds is 5. The molecule has 0 aromatic rings. The molecule has 12 heavy (non-hydrogen) atoms. The Hall–Kier alpha value is -0.920. The molecule has 0 fully saturated rings. The molecule has 0 aliphatic heterocycles. The Morgan fingerprint density at radius 3 is 2.50 bits per heavy atom. The van der Waals surface area contributed by atoms with Gasteiger partial charge >= 0.3 is 0 Å². The zero-order valence-corrected chi connectivity index (χ0v) is 8.14. The van der Waals surface area contributed by atoms with E-state index in [1.54, 1.807) is 0 Å². The smallest absolute Gasteiger partial charge is 0.0892 e. The highest BCUT2D eigenvalue weighted by Gasteiger charge is 2.00. The third-order valence-corrected chi connectivity index (χ3v) is 2.06. The lowest BCUT2D eigenvalue weighted by molar-refractivity contribution is 0.584. The molecular weight excluding hydrogens is 148 g/mol. The van der Waals surface area contributed by atoms with E-state index >= 15 is 0 Å². The highest BCUT2D eigenvalue weighted by atomic mass is 14.8. The van der Waals surface area contributed by atoms with Gasteiger partial charge in [-0.05, 0) is 38.2 Å². The summed E-state index contributed by atoms with van der Waals surface area (Å²) in [5.41, 5.74) is 11.8. The third kappa shape index (κ3) is 5.83. The van der Waals surface area contributed by atoms with Gasteiger partial charge in [0.25, 0.3) is 0 Å². The number of allylic oxidation sites excluding steroid dienone is 2. The van der Waals surface area contributed by atoms with Gasteiger partial charge in [-0.25, -0.2) is 0 Å². The molecule has 4 N–H and O–H groups in total. The molecule has 0 amide bonds. The van der Waals surface area contributed by atoms with Crippen LogP contribution in [0.3, 0.4) is 0 Å². The van der Waals surface area contributed by atoms with Crippen molar-refractivity contribution in [2.75, 3.05) is 0 Å². The van der Waals surface area contributed by atoms with Crippen LogP contribution < -0.4 is 11.5 Å². The van der Waals surface area contributed by atoms with Gasteiger partial charge in [-0.1, -0.05) is 19.1 Å². The van der Waals surface area contributed by atoms with Crippen molar-refractivity contribution >= 4 is 0 Å². The summed E-state index contributed by atoms with van der Waals surface area (Å²) in [4.78, 5) is 0. The normalized spacial score (nSPS) is 12.2. The van der Waals surface area contributed by atoms with E-state index in [9.17, 15) is 0 Å². The van der Waals surface area contributed by atoms with Gasteiger partial charge in [0.2, 0.25) is 0 Å². The molecule has 2 nitrogen and oxygen atoms in total.